The van der Waals surface area contributed by atoms with Crippen molar-refractivity contribution in [3.05, 3.63) is 17.7 Å². The van der Waals surface area contributed by atoms with Gasteiger partial charge in [0, 0.05) is 6.07 Å². The van der Waals surface area contributed by atoms with E-state index in [0.29, 0.717) is 6.61 Å². The van der Waals surface area contributed by atoms with E-state index in [9.17, 15) is 13.2 Å². The lowest BCUT2D eigenvalue weighted by molar-refractivity contribution is -0.137. The van der Waals surface area contributed by atoms with Crippen LogP contribution in [0.15, 0.2) is 12.1 Å². The molecule has 0 unspecified atom stereocenters. The number of nitrogens with two attached hydrogens (primary N) is 1. The zero-order valence-electron chi connectivity index (χ0n) is 11.7. The number of aromatic nitrogens is 1. The van der Waals surface area contributed by atoms with E-state index in [1.165, 1.54) is 19.3 Å². The third-order valence-corrected chi connectivity index (χ3v) is 2.90. The van der Waals surface area contributed by atoms with Gasteiger partial charge in [-0.3, -0.25) is 0 Å². The van der Waals surface area contributed by atoms with Gasteiger partial charge >= 0.3 is 6.18 Å². The third-order valence-electron chi connectivity index (χ3n) is 2.90. The second-order valence-electron chi connectivity index (χ2n) is 4.73. The average Bonchev–Trinajstić information content (AvgIpc) is 2.36. The minimum Gasteiger partial charge on any atom is -0.478 e. The molecule has 1 heterocycles. The number of ether oxygens (including phenoxy) is 1. The average molecular weight is 290 g/mol. The van der Waals surface area contributed by atoms with Crippen molar-refractivity contribution < 1.29 is 17.9 Å². The Bertz CT molecular complexity index is 408. The summed E-state index contributed by atoms with van der Waals surface area (Å²) in [4.78, 5) is 3.75. The number of pyridine rings is 1. The summed E-state index contributed by atoms with van der Waals surface area (Å²) in [6.07, 6.45) is 2.09. The highest BCUT2D eigenvalue weighted by molar-refractivity contribution is 5.38. The summed E-state index contributed by atoms with van der Waals surface area (Å²) in [7, 11) is 0. The molecule has 1 aromatic rings. The second kappa shape index (κ2) is 7.97. The van der Waals surface area contributed by atoms with Crippen LogP contribution in [-0.2, 0) is 6.18 Å². The Balaban J connectivity index is 2.39. The SMILES string of the molecule is CCCCCCCCOc1cc(C(F)(F)F)cc(N)n1. The number of hydrogen-bond donors (Lipinski definition) is 1. The molecule has 20 heavy (non-hydrogen) atoms. The molecule has 0 fully saturated rings. The fourth-order valence-electron chi connectivity index (χ4n) is 1.82. The van der Waals surface area contributed by atoms with Gasteiger partial charge in [-0.05, 0) is 12.5 Å². The van der Waals surface area contributed by atoms with Gasteiger partial charge in [-0.1, -0.05) is 39.0 Å². The highest BCUT2D eigenvalue weighted by Crippen LogP contribution is 2.32. The van der Waals surface area contributed by atoms with E-state index in [2.05, 4.69) is 11.9 Å². The van der Waals surface area contributed by atoms with Gasteiger partial charge in [0.25, 0.3) is 0 Å². The maximum Gasteiger partial charge on any atom is 0.416 e. The van der Waals surface area contributed by atoms with E-state index in [-0.39, 0.29) is 11.7 Å². The first-order chi connectivity index (χ1) is 9.43. The van der Waals surface area contributed by atoms with Crippen molar-refractivity contribution in [2.75, 3.05) is 12.3 Å². The van der Waals surface area contributed by atoms with Gasteiger partial charge in [-0.15, -0.1) is 0 Å². The molecule has 2 N–H and O–H groups in total. The Labute approximate surface area is 117 Å². The van der Waals surface area contributed by atoms with Crippen molar-refractivity contribution in [1.29, 1.82) is 0 Å². The molecule has 0 saturated heterocycles. The quantitative estimate of drug-likeness (QED) is 0.721. The number of nitrogens with zero attached hydrogens (tertiary/aromatic N) is 1. The molecular weight excluding hydrogens is 269 g/mol. The Morgan fingerprint density at radius 3 is 2.40 bits per heavy atom. The van der Waals surface area contributed by atoms with Gasteiger partial charge in [0.05, 0.1) is 12.2 Å². The fraction of sp³-hybridized carbons (Fsp3) is 0.643. The van der Waals surface area contributed by atoms with Gasteiger partial charge in [0.2, 0.25) is 5.88 Å². The van der Waals surface area contributed by atoms with Crippen LogP contribution in [0, 0.1) is 0 Å². The number of alkyl halides is 3. The Morgan fingerprint density at radius 2 is 1.75 bits per heavy atom. The predicted molar refractivity (Wildman–Crippen MR) is 72.5 cm³/mol. The van der Waals surface area contributed by atoms with Gasteiger partial charge in [0.15, 0.2) is 0 Å². The first-order valence-electron chi connectivity index (χ1n) is 6.91. The lowest BCUT2D eigenvalue weighted by Crippen LogP contribution is -2.08. The fourth-order valence-corrected chi connectivity index (χ4v) is 1.82. The highest BCUT2D eigenvalue weighted by atomic mass is 19.4. The van der Waals surface area contributed by atoms with Crippen molar-refractivity contribution >= 4 is 5.82 Å². The van der Waals surface area contributed by atoms with Crippen LogP contribution in [0.25, 0.3) is 0 Å². The Morgan fingerprint density at radius 1 is 1.10 bits per heavy atom. The van der Waals surface area contributed by atoms with Crippen LogP contribution in [0.4, 0.5) is 19.0 Å². The molecule has 0 aliphatic carbocycles. The molecule has 3 nitrogen and oxygen atoms in total. The summed E-state index contributed by atoms with van der Waals surface area (Å²) in [5.74, 6) is -0.247. The van der Waals surface area contributed by atoms with Crippen molar-refractivity contribution in [2.45, 2.75) is 51.6 Å². The van der Waals surface area contributed by atoms with E-state index in [4.69, 9.17) is 10.5 Å². The lowest BCUT2D eigenvalue weighted by atomic mass is 10.1. The van der Waals surface area contributed by atoms with Crippen LogP contribution >= 0.6 is 0 Å². The number of nitrogen functional groups attached to an aromatic ring is 1. The lowest BCUT2D eigenvalue weighted by Gasteiger charge is -2.10. The molecule has 0 aliphatic heterocycles. The summed E-state index contributed by atoms with van der Waals surface area (Å²) in [5.41, 5.74) is 4.52. The largest absolute Gasteiger partial charge is 0.478 e. The standard InChI is InChI=1S/C14H21F3N2O/c1-2-3-4-5-6-7-8-20-13-10-11(14(15,16)17)9-12(18)19-13/h9-10H,2-8H2,1H3,(H2,18,19). The van der Waals surface area contributed by atoms with Crippen LogP contribution in [0.5, 0.6) is 5.88 Å². The highest BCUT2D eigenvalue weighted by Gasteiger charge is 2.31. The van der Waals surface area contributed by atoms with E-state index in [0.717, 1.165) is 31.4 Å². The van der Waals surface area contributed by atoms with E-state index in [1.807, 2.05) is 0 Å². The summed E-state index contributed by atoms with van der Waals surface area (Å²) in [6.45, 7) is 2.51. The summed E-state index contributed by atoms with van der Waals surface area (Å²) < 4.78 is 42.9. The van der Waals surface area contributed by atoms with Gasteiger partial charge in [-0.25, -0.2) is 0 Å². The molecule has 1 rings (SSSR count). The molecule has 6 heteroatoms. The maximum absolute atomic E-state index is 12.6. The molecule has 0 amide bonds. The zero-order valence-corrected chi connectivity index (χ0v) is 11.7. The van der Waals surface area contributed by atoms with E-state index < -0.39 is 11.7 Å². The molecule has 0 spiro atoms. The monoisotopic (exact) mass is 290 g/mol. The summed E-state index contributed by atoms with van der Waals surface area (Å²) >= 11 is 0. The van der Waals surface area contributed by atoms with Gasteiger partial charge in [0.1, 0.15) is 5.82 Å². The predicted octanol–water partition coefficient (Wildman–Crippen LogP) is 4.42. The molecule has 0 atom stereocenters. The zero-order chi connectivity index (χ0) is 15.0. The Kier molecular flexibility index (Phi) is 6.61. The van der Waals surface area contributed by atoms with Crippen molar-refractivity contribution in [1.82, 2.24) is 4.98 Å². The van der Waals surface area contributed by atoms with Crippen LogP contribution in [0.3, 0.4) is 0 Å². The van der Waals surface area contributed by atoms with Crippen LogP contribution < -0.4 is 10.5 Å². The van der Waals surface area contributed by atoms with Crippen LogP contribution in [0.2, 0.25) is 0 Å². The molecule has 1 aromatic heterocycles. The van der Waals surface area contributed by atoms with E-state index >= 15 is 0 Å². The first-order valence-corrected chi connectivity index (χ1v) is 6.91. The third kappa shape index (κ3) is 6.12. The Hall–Kier alpha value is -1.46. The number of halogens is 3. The number of anilines is 1. The minimum atomic E-state index is -4.44. The number of unbranched alkanes of at least 4 members (excludes halogenated alkanes) is 5. The van der Waals surface area contributed by atoms with Crippen LogP contribution in [-0.4, -0.2) is 11.6 Å². The second-order valence-corrected chi connectivity index (χ2v) is 4.73. The number of rotatable bonds is 8. The van der Waals surface area contributed by atoms with Crippen molar-refractivity contribution in [3.63, 3.8) is 0 Å². The normalized spacial score (nSPS) is 11.6. The smallest absolute Gasteiger partial charge is 0.416 e. The van der Waals surface area contributed by atoms with Gasteiger partial charge in [-0.2, -0.15) is 18.2 Å². The van der Waals surface area contributed by atoms with Gasteiger partial charge < -0.3 is 10.5 Å². The summed E-state index contributed by atoms with van der Waals surface area (Å²) in [5, 5.41) is 0. The summed E-state index contributed by atoms with van der Waals surface area (Å²) in [6, 6.07) is 1.69. The van der Waals surface area contributed by atoms with Crippen molar-refractivity contribution in [3.8, 4) is 5.88 Å². The molecule has 0 saturated carbocycles. The number of hydrogen-bond acceptors (Lipinski definition) is 3. The molecule has 0 radical (unpaired) electrons. The molecular formula is C14H21F3N2O. The first kappa shape index (κ1) is 16.6. The molecule has 0 aliphatic rings. The van der Waals surface area contributed by atoms with Crippen LogP contribution in [0.1, 0.15) is 51.0 Å². The van der Waals surface area contributed by atoms with E-state index in [1.54, 1.807) is 0 Å². The van der Waals surface area contributed by atoms with Crippen molar-refractivity contribution in [2.24, 2.45) is 0 Å². The molecule has 0 aromatic carbocycles. The topological polar surface area (TPSA) is 48.1 Å². The minimum absolute atomic E-state index is 0.0640. The molecule has 0 bridgehead atoms. The molecule has 114 valence electrons. The maximum atomic E-state index is 12.6.